The molecule has 0 atom stereocenters. The van der Waals surface area contributed by atoms with E-state index in [1.165, 1.54) is 12.1 Å². The molecular formula is C12H14N4O3. The van der Waals surface area contributed by atoms with Crippen molar-refractivity contribution in [1.82, 2.24) is 15.0 Å². The first-order valence-electron chi connectivity index (χ1n) is 5.76. The number of nitrogens with one attached hydrogen (secondary N) is 1. The molecule has 0 radical (unpaired) electrons. The van der Waals surface area contributed by atoms with E-state index in [1.54, 1.807) is 23.0 Å². The number of nitrogens with zero attached hydrogens (tertiary/aromatic N) is 3. The van der Waals surface area contributed by atoms with Crippen LogP contribution in [0.3, 0.4) is 0 Å². The lowest BCUT2D eigenvalue weighted by Gasteiger charge is -2.04. The number of aromatic carboxylic acids is 1. The molecule has 0 aliphatic rings. The summed E-state index contributed by atoms with van der Waals surface area (Å²) in [6, 6.07) is 6.46. The van der Waals surface area contributed by atoms with E-state index in [0.29, 0.717) is 13.1 Å². The Hall–Kier alpha value is -2.41. The lowest BCUT2D eigenvalue weighted by Crippen LogP contribution is -2.02. The summed E-state index contributed by atoms with van der Waals surface area (Å²) in [6.45, 7) is 0.922. The number of rotatable bonds is 6. The van der Waals surface area contributed by atoms with E-state index in [-0.39, 0.29) is 12.2 Å². The second-order valence-corrected chi connectivity index (χ2v) is 3.93. The molecule has 0 saturated heterocycles. The number of hydrogen-bond donors (Lipinski definition) is 3. The van der Waals surface area contributed by atoms with Gasteiger partial charge in [-0.3, -0.25) is 0 Å². The van der Waals surface area contributed by atoms with Gasteiger partial charge >= 0.3 is 5.97 Å². The molecule has 0 fully saturated rings. The molecule has 0 saturated carbocycles. The van der Waals surface area contributed by atoms with Crippen LogP contribution in [-0.2, 0) is 13.1 Å². The van der Waals surface area contributed by atoms with E-state index in [9.17, 15) is 4.79 Å². The fourth-order valence-electron chi connectivity index (χ4n) is 1.55. The molecule has 7 heteroatoms. The number of carboxylic acid groups (broad SMARTS) is 1. The maximum Gasteiger partial charge on any atom is 0.335 e. The molecule has 0 unspecified atom stereocenters. The summed E-state index contributed by atoms with van der Waals surface area (Å²) >= 11 is 0. The van der Waals surface area contributed by atoms with Crippen LogP contribution in [0, 0.1) is 0 Å². The number of aromatic nitrogens is 3. The molecule has 1 heterocycles. The molecule has 0 aliphatic carbocycles. The topological polar surface area (TPSA) is 100 Å². The molecular weight excluding hydrogens is 248 g/mol. The van der Waals surface area contributed by atoms with Gasteiger partial charge in [0.25, 0.3) is 0 Å². The summed E-state index contributed by atoms with van der Waals surface area (Å²) in [5.74, 6) is -0.946. The maximum atomic E-state index is 10.7. The Kier molecular flexibility index (Phi) is 4.09. The molecule has 7 nitrogen and oxygen atoms in total. The van der Waals surface area contributed by atoms with Gasteiger partial charge in [0.2, 0.25) is 0 Å². The first-order valence-corrected chi connectivity index (χ1v) is 5.76. The zero-order chi connectivity index (χ0) is 13.7. The van der Waals surface area contributed by atoms with E-state index in [1.807, 2.05) is 0 Å². The summed E-state index contributed by atoms with van der Waals surface area (Å²) in [5, 5.41) is 28.4. The van der Waals surface area contributed by atoms with Gasteiger partial charge in [0, 0.05) is 5.69 Å². The minimum absolute atomic E-state index is 0.0207. The number of hydrogen-bond acceptors (Lipinski definition) is 5. The second-order valence-electron chi connectivity index (χ2n) is 3.93. The van der Waals surface area contributed by atoms with Crippen LogP contribution in [0.1, 0.15) is 16.1 Å². The van der Waals surface area contributed by atoms with Gasteiger partial charge in [0.1, 0.15) is 5.69 Å². The van der Waals surface area contributed by atoms with Crippen LogP contribution in [0.4, 0.5) is 5.69 Å². The lowest BCUT2D eigenvalue weighted by atomic mass is 10.2. The van der Waals surface area contributed by atoms with Crippen molar-refractivity contribution < 1.29 is 15.0 Å². The van der Waals surface area contributed by atoms with Crippen LogP contribution in [0.5, 0.6) is 0 Å². The van der Waals surface area contributed by atoms with Gasteiger partial charge in [0.15, 0.2) is 0 Å². The maximum absolute atomic E-state index is 10.7. The molecule has 100 valence electrons. The van der Waals surface area contributed by atoms with Crippen LogP contribution < -0.4 is 5.32 Å². The molecule has 1 aromatic carbocycles. The Bertz CT molecular complexity index is 550. The van der Waals surface area contributed by atoms with Crippen molar-refractivity contribution in [3.63, 3.8) is 0 Å². The summed E-state index contributed by atoms with van der Waals surface area (Å²) in [6.07, 6.45) is 1.74. The van der Waals surface area contributed by atoms with Crippen LogP contribution in [-0.4, -0.2) is 37.8 Å². The van der Waals surface area contributed by atoms with Crippen LogP contribution in [0.2, 0.25) is 0 Å². The van der Waals surface area contributed by atoms with E-state index >= 15 is 0 Å². The zero-order valence-electron chi connectivity index (χ0n) is 10.2. The molecule has 0 aliphatic heterocycles. The standard InChI is InChI=1S/C12H14N4O3/c17-6-5-16-8-11(14-15-16)7-13-10-3-1-9(2-4-10)12(18)19/h1-4,8,13,17H,5-7H2,(H,18,19). The zero-order valence-corrected chi connectivity index (χ0v) is 10.2. The van der Waals surface area contributed by atoms with Crippen molar-refractivity contribution in [2.45, 2.75) is 13.1 Å². The number of anilines is 1. The highest BCUT2D eigenvalue weighted by Crippen LogP contribution is 2.10. The third-order valence-electron chi connectivity index (χ3n) is 2.52. The highest BCUT2D eigenvalue weighted by Gasteiger charge is 2.03. The largest absolute Gasteiger partial charge is 0.478 e. The van der Waals surface area contributed by atoms with Crippen LogP contribution in [0.15, 0.2) is 30.5 Å². The average Bonchev–Trinajstić information content (AvgIpc) is 2.85. The third-order valence-corrected chi connectivity index (χ3v) is 2.52. The molecule has 0 spiro atoms. The summed E-state index contributed by atoms with van der Waals surface area (Å²) in [5.41, 5.74) is 1.80. The van der Waals surface area contributed by atoms with Gasteiger partial charge < -0.3 is 15.5 Å². The van der Waals surface area contributed by atoms with Gasteiger partial charge in [-0.2, -0.15) is 0 Å². The van der Waals surface area contributed by atoms with Gasteiger partial charge in [-0.05, 0) is 24.3 Å². The smallest absolute Gasteiger partial charge is 0.335 e. The number of aliphatic hydroxyl groups is 1. The van der Waals surface area contributed by atoms with Crippen molar-refractivity contribution in [2.75, 3.05) is 11.9 Å². The molecule has 0 bridgehead atoms. The quantitative estimate of drug-likeness (QED) is 0.704. The second kappa shape index (κ2) is 5.96. The Labute approximate surface area is 109 Å². The van der Waals surface area contributed by atoms with Crippen molar-refractivity contribution >= 4 is 11.7 Å². The highest BCUT2D eigenvalue weighted by atomic mass is 16.4. The van der Waals surface area contributed by atoms with Crippen molar-refractivity contribution in [1.29, 1.82) is 0 Å². The summed E-state index contributed by atoms with van der Waals surface area (Å²) < 4.78 is 1.56. The van der Waals surface area contributed by atoms with E-state index in [4.69, 9.17) is 10.2 Å². The van der Waals surface area contributed by atoms with Crippen molar-refractivity contribution in [2.24, 2.45) is 0 Å². The highest BCUT2D eigenvalue weighted by molar-refractivity contribution is 5.87. The minimum Gasteiger partial charge on any atom is -0.478 e. The first kappa shape index (κ1) is 13.0. The average molecular weight is 262 g/mol. The Morgan fingerprint density at radius 1 is 1.32 bits per heavy atom. The number of carbonyl (C=O) groups is 1. The van der Waals surface area contributed by atoms with Crippen molar-refractivity contribution in [3.05, 3.63) is 41.7 Å². The van der Waals surface area contributed by atoms with E-state index in [2.05, 4.69) is 15.6 Å². The molecule has 19 heavy (non-hydrogen) atoms. The predicted molar refractivity (Wildman–Crippen MR) is 67.8 cm³/mol. The van der Waals surface area contributed by atoms with Crippen LogP contribution >= 0.6 is 0 Å². The SMILES string of the molecule is O=C(O)c1ccc(NCc2cn(CCO)nn2)cc1. The van der Waals surface area contributed by atoms with Crippen molar-refractivity contribution in [3.8, 4) is 0 Å². The minimum atomic E-state index is -0.946. The Morgan fingerprint density at radius 2 is 2.05 bits per heavy atom. The van der Waals surface area contributed by atoms with E-state index in [0.717, 1.165) is 11.4 Å². The summed E-state index contributed by atoms with van der Waals surface area (Å²) in [4.78, 5) is 10.7. The molecule has 1 aromatic heterocycles. The third kappa shape index (κ3) is 3.52. The molecule has 2 aromatic rings. The molecule has 2 rings (SSSR count). The lowest BCUT2D eigenvalue weighted by molar-refractivity contribution is 0.0697. The molecule has 0 amide bonds. The fourth-order valence-corrected chi connectivity index (χ4v) is 1.55. The normalized spacial score (nSPS) is 10.4. The number of aliphatic hydroxyl groups excluding tert-OH is 1. The summed E-state index contributed by atoms with van der Waals surface area (Å²) in [7, 11) is 0. The monoisotopic (exact) mass is 262 g/mol. The van der Waals surface area contributed by atoms with Gasteiger partial charge in [-0.15, -0.1) is 5.10 Å². The number of benzene rings is 1. The first-order chi connectivity index (χ1) is 9.19. The Morgan fingerprint density at radius 3 is 2.68 bits per heavy atom. The van der Waals surface area contributed by atoms with Crippen LogP contribution in [0.25, 0.3) is 0 Å². The fraction of sp³-hybridized carbons (Fsp3) is 0.250. The van der Waals surface area contributed by atoms with Gasteiger partial charge in [-0.25, -0.2) is 9.48 Å². The van der Waals surface area contributed by atoms with Gasteiger partial charge in [-0.1, -0.05) is 5.21 Å². The predicted octanol–water partition coefficient (Wildman–Crippen LogP) is 0.581. The number of carboxylic acids is 1. The van der Waals surface area contributed by atoms with E-state index < -0.39 is 5.97 Å². The van der Waals surface area contributed by atoms with Gasteiger partial charge in [0.05, 0.1) is 31.5 Å². The molecule has 3 N–H and O–H groups in total. The Balaban J connectivity index is 1.92.